The molecule has 0 unspecified atom stereocenters. The molecule has 4 nitrogen and oxygen atoms in total. The fraction of sp³-hybridized carbons (Fsp3) is 0.150. The number of ether oxygens (including phenoxy) is 1. The minimum atomic E-state index is -0.0877. The van der Waals surface area contributed by atoms with Gasteiger partial charge in [-0.05, 0) is 48.4 Å². The van der Waals surface area contributed by atoms with Crippen LogP contribution in [-0.4, -0.2) is 23.9 Å². The minimum absolute atomic E-state index is 0.0877. The smallest absolute Gasteiger partial charge is 0.256 e. The summed E-state index contributed by atoms with van der Waals surface area (Å²) in [6.45, 7) is 0. The van der Waals surface area contributed by atoms with E-state index in [4.69, 9.17) is 16.3 Å². The third-order valence-electron chi connectivity index (χ3n) is 4.47. The molecule has 0 bridgehead atoms. The Bertz CT molecular complexity index is 1000. The first-order valence-electron chi connectivity index (χ1n) is 8.07. The fourth-order valence-corrected chi connectivity index (χ4v) is 3.38. The normalized spacial score (nSPS) is 14.8. The first-order chi connectivity index (χ1) is 12.2. The van der Waals surface area contributed by atoms with E-state index in [0.29, 0.717) is 11.5 Å². The first kappa shape index (κ1) is 15.8. The highest BCUT2D eigenvalue weighted by Gasteiger charge is 2.24. The van der Waals surface area contributed by atoms with Crippen LogP contribution < -0.4 is 10.1 Å². The van der Waals surface area contributed by atoms with E-state index in [1.54, 1.807) is 7.11 Å². The number of carbonyl (C=O) groups is 1. The number of nitrogens with one attached hydrogen (secondary N) is 2. The average Bonchev–Trinajstić information content (AvgIpc) is 3.16. The lowest BCUT2D eigenvalue weighted by Gasteiger charge is -2.03. The van der Waals surface area contributed by atoms with Crippen LogP contribution in [0.3, 0.4) is 0 Å². The van der Waals surface area contributed by atoms with Gasteiger partial charge in [-0.15, -0.1) is 11.6 Å². The summed E-state index contributed by atoms with van der Waals surface area (Å²) in [4.78, 5) is 15.7. The number of fused-ring (bicyclic) bond motifs is 2. The molecular weight excluding hydrogens is 336 g/mol. The summed E-state index contributed by atoms with van der Waals surface area (Å²) < 4.78 is 5.31. The van der Waals surface area contributed by atoms with E-state index in [1.165, 1.54) is 0 Å². The SMILES string of the molecule is COc1ccc2[nH]cc(C=C3C(=O)Nc4ccc(CCCl)cc43)c2c1. The van der Waals surface area contributed by atoms with Gasteiger partial charge in [-0.1, -0.05) is 6.07 Å². The lowest BCUT2D eigenvalue weighted by Crippen LogP contribution is -2.03. The number of carbonyl (C=O) groups excluding carboxylic acids is 1. The van der Waals surface area contributed by atoms with Crippen LogP contribution in [0.25, 0.3) is 22.6 Å². The zero-order chi connectivity index (χ0) is 17.4. The van der Waals surface area contributed by atoms with Gasteiger partial charge < -0.3 is 15.0 Å². The minimum Gasteiger partial charge on any atom is -0.497 e. The maximum atomic E-state index is 12.4. The van der Waals surface area contributed by atoms with Crippen molar-refractivity contribution in [1.82, 2.24) is 4.98 Å². The number of hydrogen-bond acceptors (Lipinski definition) is 2. The van der Waals surface area contributed by atoms with Crippen LogP contribution in [0, 0.1) is 0 Å². The first-order valence-corrected chi connectivity index (χ1v) is 8.60. The number of rotatable bonds is 4. The van der Waals surface area contributed by atoms with Gasteiger partial charge in [0.05, 0.1) is 7.11 Å². The number of methoxy groups -OCH3 is 1. The van der Waals surface area contributed by atoms with Crippen molar-refractivity contribution in [2.24, 2.45) is 0 Å². The lowest BCUT2D eigenvalue weighted by molar-refractivity contribution is -0.110. The number of aromatic nitrogens is 1. The Hall–Kier alpha value is -2.72. The standard InChI is InChI=1S/C20H17ClN2O2/c1-25-14-3-5-18-15(10-14)13(11-22-18)9-17-16-8-12(6-7-21)2-4-19(16)23-20(17)24/h2-5,8-11,22H,6-7H2,1H3,(H,23,24). The molecule has 0 saturated heterocycles. The summed E-state index contributed by atoms with van der Waals surface area (Å²) in [7, 11) is 1.64. The van der Waals surface area contributed by atoms with E-state index in [2.05, 4.69) is 10.3 Å². The maximum absolute atomic E-state index is 12.4. The van der Waals surface area contributed by atoms with Gasteiger partial charge in [0.25, 0.3) is 5.91 Å². The predicted octanol–water partition coefficient (Wildman–Crippen LogP) is 4.45. The lowest BCUT2D eigenvalue weighted by atomic mass is 10.0. The Morgan fingerprint density at radius 3 is 2.88 bits per heavy atom. The molecule has 1 amide bonds. The van der Waals surface area contributed by atoms with Gasteiger partial charge in [-0.25, -0.2) is 0 Å². The number of alkyl halides is 1. The van der Waals surface area contributed by atoms with Gasteiger partial charge in [0.1, 0.15) is 5.75 Å². The second-order valence-corrected chi connectivity index (χ2v) is 6.36. The van der Waals surface area contributed by atoms with Gasteiger partial charge in [-0.3, -0.25) is 4.79 Å². The topological polar surface area (TPSA) is 54.1 Å². The largest absolute Gasteiger partial charge is 0.497 e. The molecule has 0 saturated carbocycles. The van der Waals surface area contributed by atoms with Crippen molar-refractivity contribution < 1.29 is 9.53 Å². The van der Waals surface area contributed by atoms with E-state index in [-0.39, 0.29) is 5.91 Å². The molecule has 1 aliphatic heterocycles. The number of H-pyrrole nitrogens is 1. The Labute approximate surface area is 150 Å². The van der Waals surface area contributed by atoms with Gasteiger partial charge >= 0.3 is 0 Å². The second-order valence-electron chi connectivity index (χ2n) is 5.99. The number of hydrogen-bond donors (Lipinski definition) is 2. The number of aryl methyl sites for hydroxylation is 1. The van der Waals surface area contributed by atoms with E-state index >= 15 is 0 Å². The molecule has 0 fully saturated rings. The summed E-state index contributed by atoms with van der Waals surface area (Å²) in [6.07, 6.45) is 4.61. The van der Waals surface area contributed by atoms with Crippen molar-refractivity contribution in [2.75, 3.05) is 18.3 Å². The number of halogens is 1. The molecule has 2 aromatic carbocycles. The van der Waals surface area contributed by atoms with Crippen molar-refractivity contribution in [3.05, 3.63) is 59.3 Å². The molecule has 2 N–H and O–H groups in total. The Balaban J connectivity index is 1.82. The summed E-state index contributed by atoms with van der Waals surface area (Å²) in [5.41, 5.74) is 5.50. The van der Waals surface area contributed by atoms with Gasteiger partial charge in [-0.2, -0.15) is 0 Å². The van der Waals surface area contributed by atoms with E-state index in [9.17, 15) is 4.79 Å². The zero-order valence-corrected chi connectivity index (χ0v) is 14.5. The van der Waals surface area contributed by atoms with Crippen LogP contribution in [-0.2, 0) is 11.2 Å². The van der Waals surface area contributed by atoms with Crippen molar-refractivity contribution in [3.8, 4) is 5.75 Å². The summed E-state index contributed by atoms with van der Waals surface area (Å²) in [5, 5.41) is 3.94. The van der Waals surface area contributed by atoms with Crippen molar-refractivity contribution in [2.45, 2.75) is 6.42 Å². The molecule has 0 atom stereocenters. The quantitative estimate of drug-likeness (QED) is 0.538. The highest BCUT2D eigenvalue weighted by Crippen LogP contribution is 2.35. The molecule has 4 rings (SSSR count). The molecule has 1 aliphatic rings. The fourth-order valence-electron chi connectivity index (χ4n) is 3.17. The third-order valence-corrected chi connectivity index (χ3v) is 4.66. The van der Waals surface area contributed by atoms with Gasteiger partial charge in [0, 0.05) is 45.4 Å². The summed E-state index contributed by atoms with van der Waals surface area (Å²) in [5.74, 6) is 1.25. The summed E-state index contributed by atoms with van der Waals surface area (Å²) in [6, 6.07) is 11.8. The predicted molar refractivity (Wildman–Crippen MR) is 102 cm³/mol. The highest BCUT2D eigenvalue weighted by atomic mass is 35.5. The van der Waals surface area contributed by atoms with Crippen LogP contribution in [0.15, 0.2) is 42.6 Å². The molecule has 0 spiro atoms. The molecular formula is C20H17ClN2O2. The molecule has 126 valence electrons. The highest BCUT2D eigenvalue weighted by molar-refractivity contribution is 6.35. The molecule has 0 radical (unpaired) electrons. The number of amides is 1. The van der Waals surface area contributed by atoms with Crippen LogP contribution in [0.4, 0.5) is 5.69 Å². The molecule has 25 heavy (non-hydrogen) atoms. The van der Waals surface area contributed by atoms with E-state index in [1.807, 2.05) is 48.7 Å². The summed E-state index contributed by atoms with van der Waals surface area (Å²) >= 11 is 5.85. The molecule has 0 aliphatic carbocycles. The number of anilines is 1. The van der Waals surface area contributed by atoms with E-state index in [0.717, 1.165) is 45.5 Å². The van der Waals surface area contributed by atoms with Crippen molar-refractivity contribution in [3.63, 3.8) is 0 Å². The van der Waals surface area contributed by atoms with Crippen LogP contribution >= 0.6 is 11.6 Å². The van der Waals surface area contributed by atoms with Crippen molar-refractivity contribution in [1.29, 1.82) is 0 Å². The Kier molecular flexibility index (Phi) is 3.98. The molecule has 2 heterocycles. The van der Waals surface area contributed by atoms with Crippen LogP contribution in [0.1, 0.15) is 16.7 Å². The van der Waals surface area contributed by atoms with Crippen LogP contribution in [0.5, 0.6) is 5.75 Å². The molecule has 3 aromatic rings. The van der Waals surface area contributed by atoms with E-state index < -0.39 is 0 Å². The molecule has 5 heteroatoms. The zero-order valence-electron chi connectivity index (χ0n) is 13.7. The maximum Gasteiger partial charge on any atom is 0.256 e. The van der Waals surface area contributed by atoms with Gasteiger partial charge in [0.2, 0.25) is 0 Å². The van der Waals surface area contributed by atoms with Crippen LogP contribution in [0.2, 0.25) is 0 Å². The number of benzene rings is 2. The second kappa shape index (κ2) is 6.30. The molecule has 1 aromatic heterocycles. The van der Waals surface area contributed by atoms with Crippen molar-refractivity contribution >= 4 is 45.7 Å². The Morgan fingerprint density at radius 1 is 1.20 bits per heavy atom. The average molecular weight is 353 g/mol. The third kappa shape index (κ3) is 2.79. The number of aromatic amines is 1. The monoisotopic (exact) mass is 352 g/mol. The van der Waals surface area contributed by atoms with Gasteiger partial charge in [0.15, 0.2) is 0 Å². The Morgan fingerprint density at radius 2 is 2.08 bits per heavy atom.